The number of nitrogen functional groups attached to an aromatic ring is 1. The maximum absolute atomic E-state index is 11.8. The van der Waals surface area contributed by atoms with Crippen LogP contribution >= 0.6 is 0 Å². The molecule has 3 N–H and O–H groups in total. The lowest BCUT2D eigenvalue weighted by Gasteiger charge is -2.10. The lowest BCUT2D eigenvalue weighted by Crippen LogP contribution is -2.30. The molecule has 0 atom stereocenters. The zero-order chi connectivity index (χ0) is 20.2. The first-order valence-electron chi connectivity index (χ1n) is 9.32. The monoisotopic (exact) mass is 383 g/mol. The van der Waals surface area contributed by atoms with E-state index in [1.54, 1.807) is 12.3 Å². The standard InChI is InChI=1S/C24H21N3O2/c1-16-12-20(7-9-22(16)24(28)27-25)23-13-17(10-11-26-23)15-29-21-8-6-18-4-2-3-5-19(18)14-21/h2-14H,15,25H2,1H3,(H,27,28). The Morgan fingerprint density at radius 2 is 1.83 bits per heavy atom. The number of fused-ring (bicyclic) bond motifs is 1. The lowest BCUT2D eigenvalue weighted by molar-refractivity contribution is 0.0953. The van der Waals surface area contributed by atoms with Crippen LogP contribution in [0.25, 0.3) is 22.0 Å². The SMILES string of the molecule is Cc1cc(-c2cc(COc3ccc4ccccc4c3)ccn2)ccc1C(=O)NN. The van der Waals surface area contributed by atoms with Crippen LogP contribution < -0.4 is 16.0 Å². The Morgan fingerprint density at radius 3 is 2.62 bits per heavy atom. The molecule has 0 aliphatic rings. The van der Waals surface area contributed by atoms with Crippen molar-refractivity contribution in [2.75, 3.05) is 0 Å². The topological polar surface area (TPSA) is 77.2 Å². The molecule has 144 valence electrons. The number of ether oxygens (including phenoxy) is 1. The van der Waals surface area contributed by atoms with E-state index in [1.807, 2.05) is 55.5 Å². The van der Waals surface area contributed by atoms with Gasteiger partial charge in [0, 0.05) is 17.3 Å². The van der Waals surface area contributed by atoms with Gasteiger partial charge in [0.25, 0.3) is 5.91 Å². The van der Waals surface area contributed by atoms with Crippen LogP contribution in [0.15, 0.2) is 79.0 Å². The van der Waals surface area contributed by atoms with Crippen LogP contribution in [-0.2, 0) is 6.61 Å². The van der Waals surface area contributed by atoms with Crippen LogP contribution in [0.5, 0.6) is 5.75 Å². The molecule has 0 fully saturated rings. The van der Waals surface area contributed by atoms with Gasteiger partial charge in [-0.15, -0.1) is 0 Å². The second kappa shape index (κ2) is 8.12. The van der Waals surface area contributed by atoms with Crippen LogP contribution in [-0.4, -0.2) is 10.9 Å². The van der Waals surface area contributed by atoms with E-state index >= 15 is 0 Å². The summed E-state index contributed by atoms with van der Waals surface area (Å²) < 4.78 is 5.99. The Kier molecular flexibility index (Phi) is 5.22. The molecule has 0 radical (unpaired) electrons. The number of hydrogen-bond donors (Lipinski definition) is 2. The van der Waals surface area contributed by atoms with Crippen LogP contribution in [0.3, 0.4) is 0 Å². The smallest absolute Gasteiger partial charge is 0.265 e. The Bertz CT molecular complexity index is 1190. The summed E-state index contributed by atoms with van der Waals surface area (Å²) in [4.78, 5) is 16.2. The van der Waals surface area contributed by atoms with Crippen molar-refractivity contribution < 1.29 is 9.53 Å². The molecule has 5 heteroatoms. The van der Waals surface area contributed by atoms with Gasteiger partial charge < -0.3 is 4.74 Å². The summed E-state index contributed by atoms with van der Waals surface area (Å²) in [5.74, 6) is 5.75. The van der Waals surface area contributed by atoms with Gasteiger partial charge in [0.2, 0.25) is 0 Å². The molecule has 4 rings (SSSR count). The fraction of sp³-hybridized carbons (Fsp3) is 0.0833. The molecule has 4 aromatic rings. The van der Waals surface area contributed by atoms with Gasteiger partial charge >= 0.3 is 0 Å². The average molecular weight is 383 g/mol. The van der Waals surface area contributed by atoms with Gasteiger partial charge in [-0.1, -0.05) is 36.4 Å². The van der Waals surface area contributed by atoms with Gasteiger partial charge in [0.15, 0.2) is 0 Å². The number of hydrogen-bond acceptors (Lipinski definition) is 4. The van der Waals surface area contributed by atoms with Crippen molar-refractivity contribution in [3.63, 3.8) is 0 Å². The summed E-state index contributed by atoms with van der Waals surface area (Å²) >= 11 is 0. The molecule has 0 spiro atoms. The minimum absolute atomic E-state index is 0.306. The first-order valence-corrected chi connectivity index (χ1v) is 9.32. The highest BCUT2D eigenvalue weighted by Crippen LogP contribution is 2.24. The Hall–Kier alpha value is -3.70. The van der Waals surface area contributed by atoms with Crippen LogP contribution in [0.4, 0.5) is 0 Å². The zero-order valence-electron chi connectivity index (χ0n) is 16.1. The molecular formula is C24H21N3O2. The van der Waals surface area contributed by atoms with E-state index in [-0.39, 0.29) is 5.91 Å². The van der Waals surface area contributed by atoms with E-state index in [0.29, 0.717) is 12.2 Å². The number of nitrogens with zero attached hydrogens (tertiary/aromatic N) is 1. The van der Waals surface area contributed by atoms with E-state index in [0.717, 1.165) is 33.5 Å². The number of hydrazine groups is 1. The maximum atomic E-state index is 11.8. The third-order valence-electron chi connectivity index (χ3n) is 4.85. The maximum Gasteiger partial charge on any atom is 0.265 e. The van der Waals surface area contributed by atoms with Crippen molar-refractivity contribution in [2.45, 2.75) is 13.5 Å². The molecule has 5 nitrogen and oxygen atoms in total. The van der Waals surface area contributed by atoms with Gasteiger partial charge in [-0.2, -0.15) is 0 Å². The minimum atomic E-state index is -0.306. The fourth-order valence-electron chi connectivity index (χ4n) is 3.30. The highest BCUT2D eigenvalue weighted by atomic mass is 16.5. The minimum Gasteiger partial charge on any atom is -0.489 e. The predicted molar refractivity (Wildman–Crippen MR) is 114 cm³/mol. The number of nitrogens with one attached hydrogen (secondary N) is 1. The van der Waals surface area contributed by atoms with Crippen LogP contribution in [0, 0.1) is 6.92 Å². The molecule has 1 aromatic heterocycles. The number of rotatable bonds is 5. The van der Waals surface area contributed by atoms with Gasteiger partial charge in [0.05, 0.1) is 5.69 Å². The molecule has 0 aliphatic heterocycles. The Morgan fingerprint density at radius 1 is 1.00 bits per heavy atom. The van der Waals surface area contributed by atoms with Crippen LogP contribution in [0.1, 0.15) is 21.5 Å². The Labute approximate surface area is 169 Å². The quantitative estimate of drug-likeness (QED) is 0.304. The van der Waals surface area contributed by atoms with E-state index in [4.69, 9.17) is 10.6 Å². The zero-order valence-corrected chi connectivity index (χ0v) is 16.1. The van der Waals surface area contributed by atoms with Crippen molar-refractivity contribution in [1.82, 2.24) is 10.4 Å². The number of aromatic nitrogens is 1. The van der Waals surface area contributed by atoms with Gasteiger partial charge in [0.1, 0.15) is 12.4 Å². The Balaban J connectivity index is 1.52. The number of amides is 1. The van der Waals surface area contributed by atoms with Crippen molar-refractivity contribution in [2.24, 2.45) is 5.84 Å². The van der Waals surface area contributed by atoms with Crippen molar-refractivity contribution in [3.05, 3.63) is 95.7 Å². The number of benzene rings is 3. The number of carbonyl (C=O) groups is 1. The molecule has 0 saturated carbocycles. The van der Waals surface area contributed by atoms with Gasteiger partial charge in [-0.05, 0) is 65.2 Å². The largest absolute Gasteiger partial charge is 0.489 e. The summed E-state index contributed by atoms with van der Waals surface area (Å²) in [5, 5.41) is 2.34. The van der Waals surface area contributed by atoms with Crippen molar-refractivity contribution in [3.8, 4) is 17.0 Å². The second-order valence-electron chi connectivity index (χ2n) is 6.85. The first-order chi connectivity index (χ1) is 14.1. The van der Waals surface area contributed by atoms with Crippen molar-refractivity contribution in [1.29, 1.82) is 0 Å². The van der Waals surface area contributed by atoms with E-state index in [1.165, 1.54) is 5.39 Å². The van der Waals surface area contributed by atoms with E-state index in [2.05, 4.69) is 28.6 Å². The lowest BCUT2D eigenvalue weighted by atomic mass is 10.0. The molecule has 0 saturated heterocycles. The van der Waals surface area contributed by atoms with Crippen molar-refractivity contribution >= 4 is 16.7 Å². The predicted octanol–water partition coefficient (Wildman–Crippen LogP) is 4.39. The molecule has 1 heterocycles. The third-order valence-corrected chi connectivity index (χ3v) is 4.85. The molecule has 0 bridgehead atoms. The summed E-state index contributed by atoms with van der Waals surface area (Å²) in [6, 6.07) is 23.8. The molecule has 0 unspecified atom stereocenters. The normalized spacial score (nSPS) is 10.7. The van der Waals surface area contributed by atoms with Gasteiger partial charge in [-0.25, -0.2) is 5.84 Å². The molecule has 0 aliphatic carbocycles. The molecule has 29 heavy (non-hydrogen) atoms. The van der Waals surface area contributed by atoms with E-state index in [9.17, 15) is 4.79 Å². The second-order valence-corrected chi connectivity index (χ2v) is 6.85. The average Bonchev–Trinajstić information content (AvgIpc) is 2.77. The summed E-state index contributed by atoms with van der Waals surface area (Å²) in [6.45, 7) is 2.32. The first kappa shape index (κ1) is 18.7. The number of aryl methyl sites for hydroxylation is 1. The molecule has 3 aromatic carbocycles. The summed E-state index contributed by atoms with van der Waals surface area (Å²) in [5.41, 5.74) is 6.33. The fourth-order valence-corrected chi connectivity index (χ4v) is 3.30. The highest BCUT2D eigenvalue weighted by Gasteiger charge is 2.10. The highest BCUT2D eigenvalue weighted by molar-refractivity contribution is 5.95. The molecular weight excluding hydrogens is 362 g/mol. The number of pyridine rings is 1. The number of nitrogens with two attached hydrogens (primary N) is 1. The number of carbonyl (C=O) groups excluding carboxylic acids is 1. The summed E-state index contributed by atoms with van der Waals surface area (Å²) in [6.07, 6.45) is 1.77. The van der Waals surface area contributed by atoms with Gasteiger partial charge in [-0.3, -0.25) is 15.2 Å². The van der Waals surface area contributed by atoms with E-state index < -0.39 is 0 Å². The van der Waals surface area contributed by atoms with Crippen LogP contribution in [0.2, 0.25) is 0 Å². The summed E-state index contributed by atoms with van der Waals surface area (Å²) in [7, 11) is 0. The third kappa shape index (κ3) is 4.10. The molecule has 1 amide bonds.